The standard InChI is InChI=1S/C17H25N3O3/c1-12(2)15(21)19-14-9-17(23-11-14)4-7-20(8-5-17)16(22)13-3-6-18-10-13/h3,6,10,12,14,18H,4-5,7-9,11H2,1-2H3,(H,19,21). The van der Waals surface area contributed by atoms with Crippen LogP contribution in [0, 0.1) is 5.92 Å². The molecule has 0 saturated carbocycles. The van der Waals surface area contributed by atoms with Gasteiger partial charge in [0.1, 0.15) is 0 Å². The number of ether oxygens (including phenoxy) is 1. The summed E-state index contributed by atoms with van der Waals surface area (Å²) in [6.07, 6.45) is 6.00. The molecule has 3 rings (SSSR count). The lowest BCUT2D eigenvalue weighted by Gasteiger charge is -2.38. The SMILES string of the molecule is CC(C)C(=O)NC1COC2(CCN(C(=O)c3cc[nH]c3)CC2)C1. The van der Waals surface area contributed by atoms with Crippen molar-refractivity contribution in [2.45, 2.75) is 44.8 Å². The molecule has 1 aromatic rings. The van der Waals surface area contributed by atoms with Gasteiger partial charge in [-0.3, -0.25) is 9.59 Å². The number of aromatic nitrogens is 1. The average Bonchev–Trinajstić information content (AvgIpc) is 3.18. The maximum atomic E-state index is 12.4. The number of amides is 2. The van der Waals surface area contributed by atoms with Crippen LogP contribution in [0.2, 0.25) is 0 Å². The number of nitrogens with zero attached hydrogens (tertiary/aromatic N) is 1. The van der Waals surface area contributed by atoms with Crippen molar-refractivity contribution in [3.8, 4) is 0 Å². The number of carbonyl (C=O) groups is 2. The van der Waals surface area contributed by atoms with E-state index >= 15 is 0 Å². The molecule has 1 unspecified atom stereocenters. The monoisotopic (exact) mass is 319 g/mol. The summed E-state index contributed by atoms with van der Waals surface area (Å²) < 4.78 is 6.03. The Labute approximate surface area is 136 Å². The highest BCUT2D eigenvalue weighted by molar-refractivity contribution is 5.94. The highest BCUT2D eigenvalue weighted by atomic mass is 16.5. The van der Waals surface area contributed by atoms with E-state index in [4.69, 9.17) is 4.74 Å². The molecule has 2 aliphatic rings. The molecule has 1 aromatic heterocycles. The van der Waals surface area contributed by atoms with E-state index < -0.39 is 0 Å². The Bertz CT molecular complexity index is 560. The minimum Gasteiger partial charge on any atom is -0.373 e. The number of H-pyrrole nitrogens is 1. The summed E-state index contributed by atoms with van der Waals surface area (Å²) in [6, 6.07) is 1.90. The van der Waals surface area contributed by atoms with Crippen molar-refractivity contribution >= 4 is 11.8 Å². The second kappa shape index (κ2) is 6.35. The molecule has 3 heterocycles. The summed E-state index contributed by atoms with van der Waals surface area (Å²) in [5.41, 5.74) is 0.527. The van der Waals surface area contributed by atoms with Gasteiger partial charge in [0.25, 0.3) is 5.91 Å². The molecule has 23 heavy (non-hydrogen) atoms. The second-order valence-corrected chi connectivity index (χ2v) is 6.95. The van der Waals surface area contributed by atoms with Crippen LogP contribution in [0.4, 0.5) is 0 Å². The van der Waals surface area contributed by atoms with E-state index in [1.54, 1.807) is 18.5 Å². The number of likely N-dealkylation sites (tertiary alicyclic amines) is 1. The highest BCUT2D eigenvalue weighted by Gasteiger charge is 2.43. The van der Waals surface area contributed by atoms with Gasteiger partial charge in [0, 0.05) is 31.4 Å². The van der Waals surface area contributed by atoms with Gasteiger partial charge in [0.15, 0.2) is 0 Å². The Morgan fingerprint density at radius 2 is 2.13 bits per heavy atom. The summed E-state index contributed by atoms with van der Waals surface area (Å²) in [6.45, 7) is 5.77. The van der Waals surface area contributed by atoms with Gasteiger partial charge in [-0.15, -0.1) is 0 Å². The van der Waals surface area contributed by atoms with Crippen molar-refractivity contribution in [3.05, 3.63) is 24.0 Å². The number of hydrogen-bond donors (Lipinski definition) is 2. The van der Waals surface area contributed by atoms with Gasteiger partial charge in [-0.05, 0) is 25.3 Å². The fourth-order valence-corrected chi connectivity index (χ4v) is 3.41. The predicted molar refractivity (Wildman–Crippen MR) is 86.0 cm³/mol. The van der Waals surface area contributed by atoms with Crippen LogP contribution in [0.25, 0.3) is 0 Å². The lowest BCUT2D eigenvalue weighted by atomic mass is 9.87. The third kappa shape index (κ3) is 3.42. The average molecular weight is 319 g/mol. The van der Waals surface area contributed by atoms with E-state index in [-0.39, 0.29) is 29.4 Å². The van der Waals surface area contributed by atoms with E-state index in [1.807, 2.05) is 18.7 Å². The van der Waals surface area contributed by atoms with E-state index in [1.165, 1.54) is 0 Å². The molecular weight excluding hydrogens is 294 g/mol. The van der Waals surface area contributed by atoms with Gasteiger partial charge in [-0.2, -0.15) is 0 Å². The molecule has 6 nitrogen and oxygen atoms in total. The molecular formula is C17H25N3O3. The molecule has 0 aliphatic carbocycles. The molecule has 2 saturated heterocycles. The smallest absolute Gasteiger partial charge is 0.255 e. The van der Waals surface area contributed by atoms with E-state index in [0.717, 1.165) is 19.3 Å². The van der Waals surface area contributed by atoms with Gasteiger partial charge < -0.3 is 19.9 Å². The lowest BCUT2D eigenvalue weighted by molar-refractivity contribution is -0.124. The number of piperidine rings is 1. The Hall–Kier alpha value is -1.82. The fourth-order valence-electron chi connectivity index (χ4n) is 3.41. The molecule has 2 amide bonds. The van der Waals surface area contributed by atoms with Crippen molar-refractivity contribution in [1.29, 1.82) is 0 Å². The van der Waals surface area contributed by atoms with Crippen molar-refractivity contribution in [3.63, 3.8) is 0 Å². The maximum Gasteiger partial charge on any atom is 0.255 e. The Morgan fingerprint density at radius 3 is 2.74 bits per heavy atom. The first-order valence-corrected chi connectivity index (χ1v) is 8.35. The molecule has 2 fully saturated rings. The van der Waals surface area contributed by atoms with Crippen molar-refractivity contribution in [2.75, 3.05) is 19.7 Å². The number of aromatic amines is 1. The van der Waals surface area contributed by atoms with Crippen LogP contribution in [0.3, 0.4) is 0 Å². The normalized spacial score (nSPS) is 23.4. The van der Waals surface area contributed by atoms with Gasteiger partial charge in [0.05, 0.1) is 23.8 Å². The Balaban J connectivity index is 1.53. The van der Waals surface area contributed by atoms with Crippen LogP contribution < -0.4 is 5.32 Å². The lowest BCUT2D eigenvalue weighted by Crippen LogP contribution is -2.47. The van der Waals surface area contributed by atoms with Gasteiger partial charge in [-0.1, -0.05) is 13.8 Å². The van der Waals surface area contributed by atoms with Crippen LogP contribution in [-0.4, -0.2) is 53.0 Å². The number of rotatable bonds is 3. The summed E-state index contributed by atoms with van der Waals surface area (Å²) in [7, 11) is 0. The molecule has 0 aromatic carbocycles. The zero-order valence-corrected chi connectivity index (χ0v) is 13.8. The van der Waals surface area contributed by atoms with Crippen molar-refractivity contribution < 1.29 is 14.3 Å². The molecule has 6 heteroatoms. The topological polar surface area (TPSA) is 74.4 Å². The maximum absolute atomic E-state index is 12.4. The Kier molecular flexibility index (Phi) is 4.43. The van der Waals surface area contributed by atoms with Crippen LogP contribution in [0.5, 0.6) is 0 Å². The highest BCUT2D eigenvalue weighted by Crippen LogP contribution is 2.36. The minimum absolute atomic E-state index is 0.00707. The van der Waals surface area contributed by atoms with Crippen LogP contribution in [0.15, 0.2) is 18.5 Å². The first-order chi connectivity index (χ1) is 11.0. The molecule has 0 radical (unpaired) electrons. The van der Waals surface area contributed by atoms with Gasteiger partial charge in [-0.25, -0.2) is 0 Å². The van der Waals surface area contributed by atoms with E-state index in [9.17, 15) is 9.59 Å². The number of nitrogens with one attached hydrogen (secondary N) is 2. The largest absolute Gasteiger partial charge is 0.373 e. The van der Waals surface area contributed by atoms with Crippen molar-refractivity contribution in [2.24, 2.45) is 5.92 Å². The van der Waals surface area contributed by atoms with Gasteiger partial charge >= 0.3 is 0 Å². The molecule has 1 atom stereocenters. The van der Waals surface area contributed by atoms with Crippen molar-refractivity contribution in [1.82, 2.24) is 15.2 Å². The van der Waals surface area contributed by atoms with Gasteiger partial charge in [0.2, 0.25) is 5.91 Å². The van der Waals surface area contributed by atoms with Crippen LogP contribution >= 0.6 is 0 Å². The molecule has 126 valence electrons. The van der Waals surface area contributed by atoms with Crippen LogP contribution in [0.1, 0.15) is 43.5 Å². The summed E-state index contributed by atoms with van der Waals surface area (Å²) in [5, 5.41) is 3.06. The molecule has 2 N–H and O–H groups in total. The second-order valence-electron chi connectivity index (χ2n) is 6.95. The number of carbonyl (C=O) groups excluding carboxylic acids is 2. The first-order valence-electron chi connectivity index (χ1n) is 8.35. The van der Waals surface area contributed by atoms with Crippen LogP contribution in [-0.2, 0) is 9.53 Å². The zero-order chi connectivity index (χ0) is 16.4. The molecule has 0 bridgehead atoms. The summed E-state index contributed by atoms with van der Waals surface area (Å²) in [4.78, 5) is 29.0. The third-order valence-corrected chi connectivity index (χ3v) is 4.89. The summed E-state index contributed by atoms with van der Waals surface area (Å²) in [5.74, 6) is 0.145. The van der Waals surface area contributed by atoms with E-state index in [0.29, 0.717) is 25.3 Å². The number of hydrogen-bond acceptors (Lipinski definition) is 3. The third-order valence-electron chi connectivity index (χ3n) is 4.89. The molecule has 2 aliphatic heterocycles. The Morgan fingerprint density at radius 1 is 1.39 bits per heavy atom. The fraction of sp³-hybridized carbons (Fsp3) is 0.647. The van der Waals surface area contributed by atoms with E-state index in [2.05, 4.69) is 10.3 Å². The minimum atomic E-state index is -0.177. The predicted octanol–water partition coefficient (Wildman–Crippen LogP) is 1.55. The molecule has 1 spiro atoms. The first kappa shape index (κ1) is 16.1. The summed E-state index contributed by atoms with van der Waals surface area (Å²) >= 11 is 0. The quantitative estimate of drug-likeness (QED) is 0.888. The zero-order valence-electron chi connectivity index (χ0n) is 13.8.